The minimum atomic E-state index is 0.385. The highest BCUT2D eigenvalue weighted by molar-refractivity contribution is 14.1. The first kappa shape index (κ1) is 9.74. The summed E-state index contributed by atoms with van der Waals surface area (Å²) in [5.74, 6) is 0. The topological polar surface area (TPSA) is 49.8 Å². The molecule has 2 aromatic rings. The summed E-state index contributed by atoms with van der Waals surface area (Å²) in [4.78, 5) is 0. The zero-order valence-corrected chi connectivity index (χ0v) is 10.2. The molecule has 0 spiro atoms. The third-order valence-corrected chi connectivity index (χ3v) is 4.26. The minimum Gasteiger partial charge on any atom is -0.398 e. The molecule has 0 saturated carbocycles. The fraction of sp³-hybridized carbons (Fsp3) is 0.100. The largest absolute Gasteiger partial charge is 0.398 e. The molecule has 0 saturated heterocycles. The van der Waals surface area contributed by atoms with E-state index in [9.17, 15) is 0 Å². The van der Waals surface area contributed by atoms with Crippen LogP contribution in [0.1, 0.15) is 5.56 Å². The van der Waals surface area contributed by atoms with Gasteiger partial charge >= 0.3 is 0 Å². The molecule has 2 rings (SSSR count). The number of anilines is 1. The van der Waals surface area contributed by atoms with Crippen molar-refractivity contribution in [2.75, 3.05) is 5.73 Å². The Morgan fingerprint density at radius 3 is 3.07 bits per heavy atom. The van der Waals surface area contributed by atoms with E-state index in [1.165, 1.54) is 4.70 Å². The molecular weight excluding hydrogens is 307 g/mol. The van der Waals surface area contributed by atoms with Crippen molar-refractivity contribution in [1.82, 2.24) is 0 Å². The smallest absolute Gasteiger partial charge is 0.0670 e. The molecule has 14 heavy (non-hydrogen) atoms. The third-order valence-electron chi connectivity index (χ3n) is 2.09. The molecule has 0 fully saturated rings. The summed E-state index contributed by atoms with van der Waals surface area (Å²) in [5, 5.41) is 11.9. The Hall–Kier alpha value is -0.800. The number of halogens is 1. The maximum absolute atomic E-state index is 8.71. The Morgan fingerprint density at radius 1 is 1.57 bits per heavy atom. The number of hydrogen-bond acceptors (Lipinski definition) is 3. The van der Waals surface area contributed by atoms with Crippen molar-refractivity contribution in [3.63, 3.8) is 0 Å². The van der Waals surface area contributed by atoms with E-state index in [1.807, 2.05) is 17.5 Å². The third kappa shape index (κ3) is 1.47. The number of nitrogen functional groups attached to an aromatic ring is 1. The molecule has 1 heterocycles. The molecule has 1 aromatic heterocycles. The molecule has 2 N–H and O–H groups in total. The second-order valence-corrected chi connectivity index (χ2v) is 5.00. The highest BCUT2D eigenvalue weighted by Gasteiger charge is 2.09. The molecule has 1 aromatic carbocycles. The molecule has 4 heteroatoms. The van der Waals surface area contributed by atoms with Crippen molar-refractivity contribution >= 4 is 49.7 Å². The monoisotopic (exact) mass is 314 g/mol. The Kier molecular flexibility index (Phi) is 2.61. The van der Waals surface area contributed by atoms with Crippen LogP contribution in [-0.4, -0.2) is 0 Å². The van der Waals surface area contributed by atoms with Gasteiger partial charge in [-0.25, -0.2) is 0 Å². The highest BCUT2D eigenvalue weighted by Crippen LogP contribution is 2.33. The van der Waals surface area contributed by atoms with Gasteiger partial charge in [0.25, 0.3) is 0 Å². The standard InChI is InChI=1S/C10H7IN2S/c11-8-5-9(13)6(1-3-12)7-2-4-14-10(7)8/h2,4-5H,1,13H2. The van der Waals surface area contributed by atoms with E-state index in [4.69, 9.17) is 11.0 Å². The summed E-state index contributed by atoms with van der Waals surface area (Å²) < 4.78 is 2.39. The first-order valence-corrected chi connectivity index (χ1v) is 6.01. The van der Waals surface area contributed by atoms with E-state index in [0.29, 0.717) is 6.42 Å². The van der Waals surface area contributed by atoms with Crippen molar-refractivity contribution in [1.29, 1.82) is 5.26 Å². The number of hydrogen-bond donors (Lipinski definition) is 1. The number of nitrogens with two attached hydrogens (primary N) is 1. The van der Waals surface area contributed by atoms with Crippen LogP contribution in [0.3, 0.4) is 0 Å². The molecule has 0 amide bonds. The molecule has 0 aliphatic carbocycles. The number of nitrogens with zero attached hydrogens (tertiary/aromatic N) is 1. The summed E-state index contributed by atoms with van der Waals surface area (Å²) in [7, 11) is 0. The zero-order valence-electron chi connectivity index (χ0n) is 7.25. The van der Waals surface area contributed by atoms with Crippen LogP contribution >= 0.6 is 33.9 Å². The van der Waals surface area contributed by atoms with Crippen molar-refractivity contribution in [3.05, 3.63) is 26.6 Å². The van der Waals surface area contributed by atoms with E-state index in [0.717, 1.165) is 20.2 Å². The first-order chi connectivity index (χ1) is 6.74. The quantitative estimate of drug-likeness (QED) is 0.649. The van der Waals surface area contributed by atoms with E-state index in [-0.39, 0.29) is 0 Å². The van der Waals surface area contributed by atoms with Gasteiger partial charge in [-0.05, 0) is 51.1 Å². The van der Waals surface area contributed by atoms with Crippen LogP contribution in [0.25, 0.3) is 10.1 Å². The number of fused-ring (bicyclic) bond motifs is 1. The minimum absolute atomic E-state index is 0.385. The molecule has 0 bridgehead atoms. The number of rotatable bonds is 1. The Morgan fingerprint density at radius 2 is 2.36 bits per heavy atom. The van der Waals surface area contributed by atoms with E-state index in [2.05, 4.69) is 28.7 Å². The average Bonchev–Trinajstić information content (AvgIpc) is 2.60. The van der Waals surface area contributed by atoms with Gasteiger partial charge in [-0.2, -0.15) is 5.26 Å². The Labute approximate surface area is 99.5 Å². The van der Waals surface area contributed by atoms with Crippen LogP contribution in [0, 0.1) is 14.9 Å². The lowest BCUT2D eigenvalue weighted by Gasteiger charge is -2.04. The van der Waals surface area contributed by atoms with Crippen molar-refractivity contribution < 1.29 is 0 Å². The number of benzene rings is 1. The van der Waals surface area contributed by atoms with E-state index < -0.39 is 0 Å². The predicted molar refractivity (Wildman–Crippen MR) is 68.3 cm³/mol. The van der Waals surface area contributed by atoms with Crippen LogP contribution < -0.4 is 5.73 Å². The molecular formula is C10H7IN2S. The summed E-state index contributed by atoms with van der Waals surface area (Å²) >= 11 is 3.96. The fourth-order valence-electron chi connectivity index (χ4n) is 1.45. The van der Waals surface area contributed by atoms with Gasteiger partial charge in [0.1, 0.15) is 0 Å². The Bertz CT molecular complexity index is 525. The van der Waals surface area contributed by atoms with Crippen LogP contribution in [0.15, 0.2) is 17.5 Å². The normalized spacial score (nSPS) is 10.3. The molecule has 0 unspecified atom stereocenters. The summed E-state index contributed by atoms with van der Waals surface area (Å²) in [6, 6.07) is 6.12. The molecule has 0 atom stereocenters. The summed E-state index contributed by atoms with van der Waals surface area (Å²) in [5.41, 5.74) is 7.57. The SMILES string of the molecule is N#CCc1c(N)cc(I)c2sccc12. The molecule has 2 nitrogen and oxygen atoms in total. The first-order valence-electron chi connectivity index (χ1n) is 4.05. The summed E-state index contributed by atoms with van der Waals surface area (Å²) in [6.07, 6.45) is 0.385. The lowest BCUT2D eigenvalue weighted by Crippen LogP contribution is -1.94. The van der Waals surface area contributed by atoms with Crippen LogP contribution in [-0.2, 0) is 6.42 Å². The van der Waals surface area contributed by atoms with Gasteiger partial charge in [0.2, 0.25) is 0 Å². The van der Waals surface area contributed by atoms with Gasteiger partial charge in [0.15, 0.2) is 0 Å². The van der Waals surface area contributed by atoms with Gasteiger partial charge in [-0.3, -0.25) is 0 Å². The van der Waals surface area contributed by atoms with Crippen LogP contribution in [0.2, 0.25) is 0 Å². The van der Waals surface area contributed by atoms with Gasteiger partial charge in [0.05, 0.1) is 12.5 Å². The molecule has 0 aliphatic rings. The van der Waals surface area contributed by atoms with Crippen molar-refractivity contribution in [2.24, 2.45) is 0 Å². The predicted octanol–water partition coefficient (Wildman–Crippen LogP) is 3.15. The lowest BCUT2D eigenvalue weighted by molar-refractivity contribution is 1.29. The average molecular weight is 314 g/mol. The van der Waals surface area contributed by atoms with Crippen LogP contribution in [0.5, 0.6) is 0 Å². The fourth-order valence-corrected chi connectivity index (χ4v) is 3.29. The second-order valence-electron chi connectivity index (χ2n) is 2.92. The maximum Gasteiger partial charge on any atom is 0.0670 e. The van der Waals surface area contributed by atoms with E-state index in [1.54, 1.807) is 11.3 Å². The Balaban J connectivity index is 2.81. The number of nitriles is 1. The highest BCUT2D eigenvalue weighted by atomic mass is 127. The van der Waals surface area contributed by atoms with Gasteiger partial charge < -0.3 is 5.73 Å². The second kappa shape index (κ2) is 3.75. The maximum atomic E-state index is 8.71. The van der Waals surface area contributed by atoms with Crippen LogP contribution in [0.4, 0.5) is 5.69 Å². The zero-order chi connectivity index (χ0) is 10.1. The molecule has 0 radical (unpaired) electrons. The van der Waals surface area contributed by atoms with Gasteiger partial charge in [0, 0.05) is 14.0 Å². The van der Waals surface area contributed by atoms with Crippen molar-refractivity contribution in [2.45, 2.75) is 6.42 Å². The van der Waals surface area contributed by atoms with Gasteiger partial charge in [-0.1, -0.05) is 0 Å². The van der Waals surface area contributed by atoms with Crippen molar-refractivity contribution in [3.8, 4) is 6.07 Å². The molecule has 70 valence electrons. The number of thiophene rings is 1. The van der Waals surface area contributed by atoms with E-state index >= 15 is 0 Å². The van der Waals surface area contributed by atoms with Gasteiger partial charge in [-0.15, -0.1) is 11.3 Å². The summed E-state index contributed by atoms with van der Waals surface area (Å²) in [6.45, 7) is 0. The molecule has 0 aliphatic heterocycles. The lowest BCUT2D eigenvalue weighted by atomic mass is 10.1.